The number of carbonyl (C=O) groups is 2. The molecule has 0 saturated heterocycles. The monoisotopic (exact) mass is 350 g/mol. The maximum Gasteiger partial charge on any atom is 0.322 e. The number of hydrogen-bond donors (Lipinski definition) is 0. The van der Waals surface area contributed by atoms with Gasteiger partial charge < -0.3 is 9.47 Å². The van der Waals surface area contributed by atoms with Crippen molar-refractivity contribution in [2.45, 2.75) is 58.2 Å². The third kappa shape index (κ3) is 6.73. The fourth-order valence-corrected chi connectivity index (χ4v) is 2.90. The second-order valence-electron chi connectivity index (χ2n) is 6.42. The van der Waals surface area contributed by atoms with Crippen LogP contribution < -0.4 is 0 Å². The van der Waals surface area contributed by atoms with Crippen LogP contribution in [0.4, 0.5) is 0 Å². The van der Waals surface area contributed by atoms with Crippen LogP contribution in [0.25, 0.3) is 0 Å². The largest absolute Gasteiger partial charge is 0.468 e. The average Bonchev–Trinajstić information content (AvgIpc) is 2.31. The van der Waals surface area contributed by atoms with E-state index in [1.165, 1.54) is 7.11 Å². The van der Waals surface area contributed by atoms with Crippen LogP contribution in [0.15, 0.2) is 0 Å². The molecule has 0 aromatic heterocycles. The molecule has 0 radical (unpaired) electrons. The van der Waals surface area contributed by atoms with Gasteiger partial charge in [0.2, 0.25) is 0 Å². The van der Waals surface area contributed by atoms with Gasteiger partial charge in [-0.15, -0.1) is 0 Å². The molecule has 1 unspecified atom stereocenters. The zero-order valence-electron chi connectivity index (χ0n) is 13.4. The quantitative estimate of drug-likeness (QED) is 0.380. The molecular weight excluding hydrogens is 324 g/mol. The highest BCUT2D eigenvalue weighted by Crippen LogP contribution is 2.35. The average molecular weight is 351 g/mol. The smallest absolute Gasteiger partial charge is 0.322 e. The molecule has 0 bridgehead atoms. The van der Waals surface area contributed by atoms with Gasteiger partial charge in [-0.2, -0.15) is 0 Å². The van der Waals surface area contributed by atoms with Crippen molar-refractivity contribution in [3.63, 3.8) is 0 Å². The molecule has 0 spiro atoms. The van der Waals surface area contributed by atoms with Crippen LogP contribution in [-0.2, 0) is 19.1 Å². The highest BCUT2D eigenvalue weighted by Gasteiger charge is 2.42. The van der Waals surface area contributed by atoms with E-state index in [0.29, 0.717) is 18.9 Å². The van der Waals surface area contributed by atoms with Crippen LogP contribution in [0.5, 0.6) is 0 Å². The number of carbonyl (C=O) groups excluding carboxylic acids is 2. The molecule has 0 aliphatic carbocycles. The summed E-state index contributed by atoms with van der Waals surface area (Å²) in [5.41, 5.74) is -0.746. The van der Waals surface area contributed by atoms with Crippen molar-refractivity contribution in [1.82, 2.24) is 0 Å². The Kier molecular flexibility index (Phi) is 7.78. The Balaban J connectivity index is 4.41. The molecule has 5 heteroatoms. The van der Waals surface area contributed by atoms with Crippen molar-refractivity contribution in [3.8, 4) is 0 Å². The number of hydrogen-bond acceptors (Lipinski definition) is 4. The van der Waals surface area contributed by atoms with Gasteiger partial charge in [-0.05, 0) is 46.0 Å². The number of rotatable bonds is 8. The summed E-state index contributed by atoms with van der Waals surface area (Å²) in [7, 11) is 1.33. The lowest BCUT2D eigenvalue weighted by atomic mass is 9.83. The van der Waals surface area contributed by atoms with Crippen LogP contribution in [-0.4, -0.2) is 30.0 Å². The van der Waals surface area contributed by atoms with Gasteiger partial charge >= 0.3 is 11.9 Å². The highest BCUT2D eigenvalue weighted by molar-refractivity contribution is 9.10. The number of ether oxygens (including phenoxy) is 2. The van der Waals surface area contributed by atoms with Gasteiger partial charge in [-0.3, -0.25) is 9.59 Å². The Morgan fingerprint density at radius 3 is 2.15 bits per heavy atom. The fraction of sp³-hybridized carbons (Fsp3) is 0.867. The van der Waals surface area contributed by atoms with Crippen molar-refractivity contribution in [2.75, 3.05) is 13.7 Å². The molecule has 0 aliphatic rings. The van der Waals surface area contributed by atoms with E-state index >= 15 is 0 Å². The van der Waals surface area contributed by atoms with Crippen LogP contribution in [0.3, 0.4) is 0 Å². The second kappa shape index (κ2) is 8.01. The maximum atomic E-state index is 12.1. The zero-order valence-corrected chi connectivity index (χ0v) is 15.0. The van der Waals surface area contributed by atoms with Crippen molar-refractivity contribution in [2.24, 2.45) is 11.3 Å². The van der Waals surface area contributed by atoms with Crippen LogP contribution in [0.1, 0.15) is 53.9 Å². The lowest BCUT2D eigenvalue weighted by Gasteiger charge is -2.29. The molecule has 118 valence electrons. The first kappa shape index (κ1) is 19.4. The van der Waals surface area contributed by atoms with E-state index in [2.05, 4.69) is 29.8 Å². The lowest BCUT2D eigenvalue weighted by molar-refractivity contribution is -0.156. The Morgan fingerprint density at radius 2 is 1.70 bits per heavy atom. The molecule has 20 heavy (non-hydrogen) atoms. The summed E-state index contributed by atoms with van der Waals surface area (Å²) in [5, 5.41) is 0. The zero-order chi connectivity index (χ0) is 16.0. The van der Waals surface area contributed by atoms with E-state index < -0.39 is 15.7 Å². The summed E-state index contributed by atoms with van der Waals surface area (Å²) >= 11 is 3.33. The minimum Gasteiger partial charge on any atom is -0.468 e. The number of alkyl halides is 1. The van der Waals surface area contributed by atoms with Crippen molar-refractivity contribution >= 4 is 27.9 Å². The summed E-state index contributed by atoms with van der Waals surface area (Å²) in [5.74, 6) is -0.0686. The summed E-state index contributed by atoms with van der Waals surface area (Å²) in [6.45, 7) is 9.96. The van der Waals surface area contributed by atoms with Crippen molar-refractivity contribution in [3.05, 3.63) is 0 Å². The van der Waals surface area contributed by atoms with E-state index in [-0.39, 0.29) is 5.97 Å². The first-order chi connectivity index (χ1) is 9.03. The van der Waals surface area contributed by atoms with Gasteiger partial charge in [0.05, 0.1) is 19.1 Å². The molecule has 4 nitrogen and oxygen atoms in total. The summed E-state index contributed by atoms with van der Waals surface area (Å²) in [6.07, 6.45) is 2.21. The Morgan fingerprint density at radius 1 is 1.15 bits per heavy atom. The first-order valence-corrected chi connectivity index (χ1v) is 7.77. The normalized spacial score (nSPS) is 14.8. The van der Waals surface area contributed by atoms with Gasteiger partial charge in [-0.25, -0.2) is 0 Å². The van der Waals surface area contributed by atoms with Crippen LogP contribution in [0, 0.1) is 11.3 Å². The van der Waals surface area contributed by atoms with Gasteiger partial charge in [0, 0.05) is 0 Å². The molecule has 0 aromatic carbocycles. The number of methoxy groups -OCH3 is 1. The molecular formula is C15H27BrO4. The summed E-state index contributed by atoms with van der Waals surface area (Å²) in [6, 6.07) is 0. The molecule has 0 rings (SSSR count). The van der Waals surface area contributed by atoms with Gasteiger partial charge in [-0.1, -0.05) is 29.8 Å². The van der Waals surface area contributed by atoms with E-state index in [1.54, 1.807) is 20.8 Å². The fourth-order valence-electron chi connectivity index (χ4n) is 2.04. The predicted molar refractivity (Wildman–Crippen MR) is 82.8 cm³/mol. The third-order valence-electron chi connectivity index (χ3n) is 3.10. The van der Waals surface area contributed by atoms with Crippen LogP contribution in [0.2, 0.25) is 0 Å². The van der Waals surface area contributed by atoms with Crippen molar-refractivity contribution in [1.29, 1.82) is 0 Å². The molecule has 0 amide bonds. The van der Waals surface area contributed by atoms with Gasteiger partial charge in [0.25, 0.3) is 0 Å². The first-order valence-electron chi connectivity index (χ1n) is 6.97. The number of esters is 2. The Labute approximate surface area is 130 Å². The maximum absolute atomic E-state index is 12.1. The van der Waals surface area contributed by atoms with E-state index in [0.717, 1.165) is 12.8 Å². The van der Waals surface area contributed by atoms with Gasteiger partial charge in [0.15, 0.2) is 0 Å². The SMILES string of the molecule is COC(=O)C(C)(Br)CC(C)(C)C(=O)OCCCC(C)C. The highest BCUT2D eigenvalue weighted by atomic mass is 79.9. The van der Waals surface area contributed by atoms with Crippen LogP contribution >= 0.6 is 15.9 Å². The minimum atomic E-state index is -0.887. The molecule has 0 heterocycles. The minimum absolute atomic E-state index is 0.282. The van der Waals surface area contributed by atoms with Crippen molar-refractivity contribution < 1.29 is 19.1 Å². The number of halogens is 1. The standard InChI is InChI=1S/C15H27BrO4/c1-11(2)8-7-9-20-12(17)14(3,4)10-15(5,16)13(18)19-6/h11H,7-10H2,1-6H3. The van der Waals surface area contributed by atoms with E-state index in [9.17, 15) is 9.59 Å². The van der Waals surface area contributed by atoms with Gasteiger partial charge in [0.1, 0.15) is 4.32 Å². The molecule has 0 aliphatic heterocycles. The Bertz CT molecular complexity index is 335. The Hall–Kier alpha value is -0.580. The third-order valence-corrected chi connectivity index (χ3v) is 3.70. The van der Waals surface area contributed by atoms with E-state index in [1.807, 2.05) is 0 Å². The summed E-state index contributed by atoms with van der Waals surface area (Å²) < 4.78 is 9.15. The molecule has 0 fully saturated rings. The topological polar surface area (TPSA) is 52.6 Å². The summed E-state index contributed by atoms with van der Waals surface area (Å²) in [4.78, 5) is 23.8. The molecule has 0 saturated carbocycles. The van der Waals surface area contributed by atoms with E-state index in [4.69, 9.17) is 9.47 Å². The molecule has 1 atom stereocenters. The molecule has 0 N–H and O–H groups in total. The molecule has 0 aromatic rings. The predicted octanol–water partition coefficient (Wildman–Crippen LogP) is 3.71. The lowest BCUT2D eigenvalue weighted by Crippen LogP contribution is -2.39. The second-order valence-corrected chi connectivity index (χ2v) is 8.17.